The molecule has 0 bridgehead atoms. The summed E-state index contributed by atoms with van der Waals surface area (Å²) in [5, 5.41) is 3.62. The van der Waals surface area contributed by atoms with Gasteiger partial charge in [0.15, 0.2) is 0 Å². The molecule has 1 N–H and O–H groups in total. The van der Waals surface area contributed by atoms with Crippen LogP contribution in [0.2, 0.25) is 0 Å². The Kier molecular flexibility index (Phi) is 6.45. The smallest absolute Gasteiger partial charge is 0.0693 e. The third-order valence-electron chi connectivity index (χ3n) is 4.10. The molecule has 3 atom stereocenters. The summed E-state index contributed by atoms with van der Waals surface area (Å²) in [5.74, 6) is 0.714. The molecule has 1 aliphatic rings. The van der Waals surface area contributed by atoms with Gasteiger partial charge in [0.1, 0.15) is 0 Å². The van der Waals surface area contributed by atoms with Crippen LogP contribution in [0.4, 0.5) is 0 Å². The van der Waals surface area contributed by atoms with Crippen molar-refractivity contribution in [3.63, 3.8) is 0 Å². The molecule has 3 unspecified atom stereocenters. The fraction of sp³-hybridized carbons (Fsp3) is 1.00. The lowest BCUT2D eigenvalue weighted by Gasteiger charge is -2.33. The summed E-state index contributed by atoms with van der Waals surface area (Å²) in [5.41, 5.74) is 0. The van der Waals surface area contributed by atoms with Crippen LogP contribution >= 0.6 is 0 Å². The van der Waals surface area contributed by atoms with Gasteiger partial charge in [-0.15, -0.1) is 0 Å². The topological polar surface area (TPSA) is 24.5 Å². The Hall–Kier alpha value is -0.120. The maximum atomic E-state index is 5.35. The summed E-state index contributed by atoms with van der Waals surface area (Å²) in [6.07, 6.45) is 3.02. The molecule has 0 aromatic carbocycles. The monoisotopic (exact) mass is 242 g/mol. The molecule has 1 aliphatic heterocycles. The van der Waals surface area contributed by atoms with E-state index in [9.17, 15) is 0 Å². The first-order valence-corrected chi connectivity index (χ1v) is 7.06. The molecule has 0 amide bonds. The largest absolute Gasteiger partial charge is 0.380 e. The second-order valence-electron chi connectivity index (χ2n) is 5.69. The summed E-state index contributed by atoms with van der Waals surface area (Å²) in [7, 11) is 1.78. The highest BCUT2D eigenvalue weighted by atomic mass is 16.5. The lowest BCUT2D eigenvalue weighted by Crippen LogP contribution is -2.48. The van der Waals surface area contributed by atoms with E-state index in [1.54, 1.807) is 7.11 Å². The summed E-state index contributed by atoms with van der Waals surface area (Å²) in [6.45, 7) is 12.6. The van der Waals surface area contributed by atoms with Crippen LogP contribution in [-0.2, 0) is 4.74 Å². The number of hydrogen-bond donors (Lipinski definition) is 1. The highest BCUT2D eigenvalue weighted by Crippen LogP contribution is 2.17. The van der Waals surface area contributed by atoms with Gasteiger partial charge in [-0.1, -0.05) is 13.8 Å². The molecule has 0 aliphatic carbocycles. The number of hydrogen-bond acceptors (Lipinski definition) is 3. The van der Waals surface area contributed by atoms with Crippen LogP contribution in [-0.4, -0.2) is 49.8 Å². The van der Waals surface area contributed by atoms with Crippen molar-refractivity contribution in [3.8, 4) is 0 Å². The zero-order valence-electron chi connectivity index (χ0n) is 12.2. The number of rotatable bonds is 7. The minimum atomic E-state index is 0.279. The average Bonchev–Trinajstić information content (AvgIpc) is 2.81. The maximum Gasteiger partial charge on any atom is 0.0693 e. The molecule has 17 heavy (non-hydrogen) atoms. The van der Waals surface area contributed by atoms with Crippen LogP contribution in [0.3, 0.4) is 0 Å². The fourth-order valence-corrected chi connectivity index (χ4v) is 2.54. The van der Waals surface area contributed by atoms with E-state index >= 15 is 0 Å². The predicted octanol–water partition coefficient (Wildman–Crippen LogP) is 2.12. The van der Waals surface area contributed by atoms with Gasteiger partial charge in [0.2, 0.25) is 0 Å². The highest BCUT2D eigenvalue weighted by molar-refractivity contribution is 4.82. The Morgan fingerprint density at radius 1 is 1.12 bits per heavy atom. The first-order valence-electron chi connectivity index (χ1n) is 7.06. The number of nitrogens with zero attached hydrogens (tertiary/aromatic N) is 1. The fourth-order valence-electron chi connectivity index (χ4n) is 2.54. The van der Waals surface area contributed by atoms with Crippen molar-refractivity contribution in [2.75, 3.05) is 26.7 Å². The van der Waals surface area contributed by atoms with Crippen LogP contribution in [0.5, 0.6) is 0 Å². The molecule has 1 rings (SSSR count). The Balaban J connectivity index is 2.39. The number of methoxy groups -OCH3 is 1. The van der Waals surface area contributed by atoms with E-state index in [4.69, 9.17) is 4.74 Å². The minimum absolute atomic E-state index is 0.279. The van der Waals surface area contributed by atoms with Crippen LogP contribution in [0, 0.1) is 5.92 Å². The van der Waals surface area contributed by atoms with E-state index in [1.807, 2.05) is 0 Å². The van der Waals surface area contributed by atoms with Gasteiger partial charge in [0, 0.05) is 25.7 Å². The second kappa shape index (κ2) is 7.34. The number of ether oxygens (including phenoxy) is 1. The van der Waals surface area contributed by atoms with E-state index in [2.05, 4.69) is 37.9 Å². The van der Waals surface area contributed by atoms with E-state index in [1.165, 1.54) is 25.9 Å². The molecule has 0 spiro atoms. The van der Waals surface area contributed by atoms with Crippen molar-refractivity contribution >= 4 is 0 Å². The van der Waals surface area contributed by atoms with Crippen molar-refractivity contribution in [1.29, 1.82) is 0 Å². The van der Waals surface area contributed by atoms with Gasteiger partial charge in [-0.05, 0) is 45.7 Å². The van der Waals surface area contributed by atoms with Gasteiger partial charge in [0.05, 0.1) is 6.10 Å². The van der Waals surface area contributed by atoms with Crippen LogP contribution in [0.15, 0.2) is 0 Å². The molecular weight excluding hydrogens is 212 g/mol. The summed E-state index contributed by atoms with van der Waals surface area (Å²) >= 11 is 0. The highest BCUT2D eigenvalue weighted by Gasteiger charge is 2.25. The quantitative estimate of drug-likeness (QED) is 0.740. The lowest BCUT2D eigenvalue weighted by atomic mass is 10.0. The third kappa shape index (κ3) is 4.57. The number of nitrogens with one attached hydrogen (secondary N) is 1. The summed E-state index contributed by atoms with van der Waals surface area (Å²) in [4.78, 5) is 2.64. The van der Waals surface area contributed by atoms with Crippen LogP contribution in [0.25, 0.3) is 0 Å². The zero-order valence-corrected chi connectivity index (χ0v) is 12.2. The van der Waals surface area contributed by atoms with E-state index < -0.39 is 0 Å². The van der Waals surface area contributed by atoms with E-state index in [-0.39, 0.29) is 6.10 Å². The van der Waals surface area contributed by atoms with E-state index in [0.717, 1.165) is 6.54 Å². The zero-order chi connectivity index (χ0) is 12.8. The molecule has 1 fully saturated rings. The predicted molar refractivity (Wildman–Crippen MR) is 73.4 cm³/mol. The molecule has 1 heterocycles. The van der Waals surface area contributed by atoms with Crippen molar-refractivity contribution in [3.05, 3.63) is 0 Å². The first kappa shape index (κ1) is 14.9. The molecule has 0 radical (unpaired) electrons. The van der Waals surface area contributed by atoms with Crippen LogP contribution < -0.4 is 5.32 Å². The average molecular weight is 242 g/mol. The normalized spacial score (nSPS) is 22.9. The molecule has 0 saturated carbocycles. The molecule has 3 nitrogen and oxygen atoms in total. The van der Waals surface area contributed by atoms with Gasteiger partial charge in [0.25, 0.3) is 0 Å². The Morgan fingerprint density at radius 2 is 1.71 bits per heavy atom. The summed E-state index contributed by atoms with van der Waals surface area (Å²) < 4.78 is 5.35. The van der Waals surface area contributed by atoms with Gasteiger partial charge in [-0.25, -0.2) is 0 Å². The number of likely N-dealkylation sites (tertiary alicyclic amines) is 1. The maximum absolute atomic E-state index is 5.35. The molecule has 3 heteroatoms. The summed E-state index contributed by atoms with van der Waals surface area (Å²) in [6, 6.07) is 1.09. The van der Waals surface area contributed by atoms with Crippen molar-refractivity contribution in [1.82, 2.24) is 10.2 Å². The van der Waals surface area contributed by atoms with Crippen molar-refractivity contribution in [2.45, 2.75) is 58.7 Å². The molecule has 102 valence electrons. The van der Waals surface area contributed by atoms with Crippen LogP contribution in [0.1, 0.15) is 40.5 Å². The van der Waals surface area contributed by atoms with Crippen molar-refractivity contribution in [2.24, 2.45) is 5.92 Å². The van der Waals surface area contributed by atoms with Gasteiger partial charge >= 0.3 is 0 Å². The van der Waals surface area contributed by atoms with Gasteiger partial charge < -0.3 is 10.1 Å². The Bertz CT molecular complexity index is 202. The lowest BCUT2D eigenvalue weighted by molar-refractivity contribution is 0.0826. The first-order chi connectivity index (χ1) is 8.06. The Morgan fingerprint density at radius 3 is 2.18 bits per heavy atom. The van der Waals surface area contributed by atoms with Gasteiger partial charge in [-0.3, -0.25) is 4.90 Å². The van der Waals surface area contributed by atoms with Gasteiger partial charge in [-0.2, -0.15) is 0 Å². The van der Waals surface area contributed by atoms with Crippen molar-refractivity contribution < 1.29 is 4.74 Å². The molecule has 0 aromatic rings. The third-order valence-corrected chi connectivity index (χ3v) is 4.10. The Labute approximate surface area is 107 Å². The SMILES string of the molecule is COC(C)C(C)NCC(C(C)C)N1CCCC1. The molecule has 0 aromatic heterocycles. The standard InChI is InChI=1S/C14H30N2O/c1-11(2)14(16-8-6-7-9-16)10-15-12(3)13(4)17-5/h11-15H,6-10H2,1-5H3. The second-order valence-corrected chi connectivity index (χ2v) is 5.69. The van der Waals surface area contributed by atoms with E-state index in [0.29, 0.717) is 18.0 Å². The molecule has 1 saturated heterocycles. The minimum Gasteiger partial charge on any atom is -0.380 e. The molecular formula is C14H30N2O.